The number of esters is 1. The normalized spacial score (nSPS) is 12.0. The van der Waals surface area contributed by atoms with Crippen molar-refractivity contribution in [2.24, 2.45) is 0 Å². The summed E-state index contributed by atoms with van der Waals surface area (Å²) < 4.78 is 19.9. The van der Waals surface area contributed by atoms with Gasteiger partial charge in [0.1, 0.15) is 18.2 Å². The van der Waals surface area contributed by atoms with E-state index in [9.17, 15) is 9.18 Å². The van der Waals surface area contributed by atoms with Crippen molar-refractivity contribution in [3.63, 3.8) is 0 Å². The van der Waals surface area contributed by atoms with Crippen LogP contribution in [0.2, 0.25) is 5.02 Å². The molecule has 0 aliphatic carbocycles. The third-order valence-electron chi connectivity index (χ3n) is 2.97. The molecule has 112 valence electrons. The zero-order valence-electron chi connectivity index (χ0n) is 11.6. The molecule has 0 saturated carbocycles. The number of anilines is 1. The first-order valence-corrected chi connectivity index (χ1v) is 6.69. The molecule has 0 amide bonds. The minimum absolute atomic E-state index is 0.0259. The standard InChI is InChI=1S/C14H15ClFN3O2/c1-9(10-4-3-5-11(15)14(10)16)17-12-6-7-19(18-12)8-13(20)21-2/h3-7,9H,8H2,1-2H3,(H,17,18)/t9-/m1/s1. The first-order valence-electron chi connectivity index (χ1n) is 6.32. The van der Waals surface area contributed by atoms with E-state index in [0.29, 0.717) is 11.4 Å². The Morgan fingerprint density at radius 3 is 3.00 bits per heavy atom. The molecule has 0 unspecified atom stereocenters. The van der Waals surface area contributed by atoms with Gasteiger partial charge >= 0.3 is 5.97 Å². The number of methoxy groups -OCH3 is 1. The number of aromatic nitrogens is 2. The molecule has 0 bridgehead atoms. The maximum atomic E-state index is 13.9. The average Bonchev–Trinajstić information content (AvgIpc) is 2.88. The number of halogens is 2. The van der Waals surface area contributed by atoms with Crippen LogP contribution in [0, 0.1) is 5.82 Å². The van der Waals surface area contributed by atoms with Crippen molar-refractivity contribution >= 4 is 23.4 Å². The molecule has 7 heteroatoms. The predicted octanol–water partition coefficient (Wildman–Crippen LogP) is 3.02. The maximum Gasteiger partial charge on any atom is 0.327 e. The molecular formula is C14H15ClFN3O2. The Balaban J connectivity index is 2.07. The molecule has 2 aromatic rings. The molecule has 0 spiro atoms. The van der Waals surface area contributed by atoms with Gasteiger partial charge in [0.15, 0.2) is 0 Å². The third-order valence-corrected chi connectivity index (χ3v) is 3.26. The molecule has 1 aromatic carbocycles. The van der Waals surface area contributed by atoms with Crippen molar-refractivity contribution in [2.75, 3.05) is 12.4 Å². The Morgan fingerprint density at radius 2 is 2.29 bits per heavy atom. The molecule has 0 aliphatic rings. The fraction of sp³-hybridized carbons (Fsp3) is 0.286. The summed E-state index contributed by atoms with van der Waals surface area (Å²) in [7, 11) is 1.31. The highest BCUT2D eigenvalue weighted by Gasteiger charge is 2.14. The van der Waals surface area contributed by atoms with E-state index in [1.807, 2.05) is 0 Å². The minimum Gasteiger partial charge on any atom is -0.468 e. The Morgan fingerprint density at radius 1 is 1.52 bits per heavy atom. The molecule has 1 heterocycles. The SMILES string of the molecule is COC(=O)Cn1ccc(N[C@H](C)c2cccc(Cl)c2F)n1. The molecule has 1 aromatic heterocycles. The zero-order valence-corrected chi connectivity index (χ0v) is 12.4. The second kappa shape index (κ2) is 6.58. The Hall–Kier alpha value is -2.08. The van der Waals surface area contributed by atoms with Crippen LogP contribution >= 0.6 is 11.6 Å². The predicted molar refractivity (Wildman–Crippen MR) is 77.7 cm³/mol. The van der Waals surface area contributed by atoms with Crippen molar-refractivity contribution in [3.8, 4) is 0 Å². The number of carbonyl (C=O) groups is 1. The average molecular weight is 312 g/mol. The Labute approximate surface area is 126 Å². The number of ether oxygens (including phenoxy) is 1. The summed E-state index contributed by atoms with van der Waals surface area (Å²) in [5.41, 5.74) is 0.449. The van der Waals surface area contributed by atoms with E-state index in [2.05, 4.69) is 15.2 Å². The Bertz CT molecular complexity index is 645. The molecule has 0 saturated heterocycles. The van der Waals surface area contributed by atoms with E-state index in [1.54, 1.807) is 31.3 Å². The van der Waals surface area contributed by atoms with Crippen LogP contribution < -0.4 is 5.32 Å². The van der Waals surface area contributed by atoms with E-state index in [1.165, 1.54) is 17.9 Å². The zero-order chi connectivity index (χ0) is 15.4. The van der Waals surface area contributed by atoms with Crippen LogP contribution in [0.25, 0.3) is 0 Å². The van der Waals surface area contributed by atoms with Crippen LogP contribution in [-0.4, -0.2) is 22.9 Å². The van der Waals surface area contributed by atoms with Gasteiger partial charge in [-0.1, -0.05) is 23.7 Å². The van der Waals surface area contributed by atoms with E-state index >= 15 is 0 Å². The molecule has 1 N–H and O–H groups in total. The lowest BCUT2D eigenvalue weighted by Crippen LogP contribution is -2.13. The number of carbonyl (C=O) groups excluding carboxylic acids is 1. The molecular weight excluding hydrogens is 297 g/mol. The van der Waals surface area contributed by atoms with Gasteiger partial charge in [-0.25, -0.2) is 4.39 Å². The van der Waals surface area contributed by atoms with Crippen molar-refractivity contribution < 1.29 is 13.9 Å². The molecule has 2 rings (SSSR count). The molecule has 0 aliphatic heterocycles. The number of nitrogens with one attached hydrogen (secondary N) is 1. The summed E-state index contributed by atoms with van der Waals surface area (Å²) >= 11 is 5.76. The van der Waals surface area contributed by atoms with Crippen molar-refractivity contribution in [1.29, 1.82) is 0 Å². The van der Waals surface area contributed by atoms with Crippen molar-refractivity contribution in [3.05, 3.63) is 46.9 Å². The van der Waals surface area contributed by atoms with Crippen LogP contribution in [0.15, 0.2) is 30.5 Å². The van der Waals surface area contributed by atoms with Gasteiger partial charge in [0.05, 0.1) is 18.2 Å². The van der Waals surface area contributed by atoms with Gasteiger partial charge in [-0.3, -0.25) is 9.48 Å². The van der Waals surface area contributed by atoms with Gasteiger partial charge < -0.3 is 10.1 Å². The highest BCUT2D eigenvalue weighted by atomic mass is 35.5. The maximum absolute atomic E-state index is 13.9. The van der Waals surface area contributed by atoms with Gasteiger partial charge in [0.25, 0.3) is 0 Å². The monoisotopic (exact) mass is 311 g/mol. The summed E-state index contributed by atoms with van der Waals surface area (Å²) in [6.07, 6.45) is 1.64. The lowest BCUT2D eigenvalue weighted by atomic mass is 10.1. The van der Waals surface area contributed by atoms with Crippen LogP contribution in [-0.2, 0) is 16.1 Å². The number of benzene rings is 1. The largest absolute Gasteiger partial charge is 0.468 e. The van der Waals surface area contributed by atoms with E-state index in [0.717, 1.165) is 0 Å². The second-order valence-electron chi connectivity index (χ2n) is 4.48. The molecule has 5 nitrogen and oxygen atoms in total. The highest BCUT2D eigenvalue weighted by molar-refractivity contribution is 6.30. The minimum atomic E-state index is -0.451. The molecule has 21 heavy (non-hydrogen) atoms. The van der Waals surface area contributed by atoms with Crippen LogP contribution in [0.4, 0.5) is 10.2 Å². The summed E-state index contributed by atoms with van der Waals surface area (Å²) in [5, 5.41) is 7.30. The topological polar surface area (TPSA) is 56.1 Å². The number of hydrogen-bond donors (Lipinski definition) is 1. The van der Waals surface area contributed by atoms with Crippen LogP contribution in [0.3, 0.4) is 0 Å². The number of nitrogens with zero attached hydrogens (tertiary/aromatic N) is 2. The van der Waals surface area contributed by atoms with Gasteiger partial charge in [0, 0.05) is 17.8 Å². The molecule has 0 fully saturated rings. The van der Waals surface area contributed by atoms with Gasteiger partial charge in [-0.15, -0.1) is 0 Å². The quantitative estimate of drug-likeness (QED) is 0.862. The smallest absolute Gasteiger partial charge is 0.327 e. The number of hydrogen-bond acceptors (Lipinski definition) is 4. The van der Waals surface area contributed by atoms with Crippen LogP contribution in [0.5, 0.6) is 0 Å². The second-order valence-corrected chi connectivity index (χ2v) is 4.89. The lowest BCUT2D eigenvalue weighted by Gasteiger charge is -2.15. The number of rotatable bonds is 5. The summed E-state index contributed by atoms with van der Waals surface area (Å²) in [6.45, 7) is 1.83. The lowest BCUT2D eigenvalue weighted by molar-refractivity contribution is -0.141. The van der Waals surface area contributed by atoms with E-state index in [-0.39, 0.29) is 17.6 Å². The summed E-state index contributed by atoms with van der Waals surface area (Å²) in [6, 6.07) is 6.23. The van der Waals surface area contributed by atoms with Crippen molar-refractivity contribution in [2.45, 2.75) is 19.5 Å². The molecule has 0 radical (unpaired) electrons. The van der Waals surface area contributed by atoms with Gasteiger partial charge in [-0.2, -0.15) is 5.10 Å². The van der Waals surface area contributed by atoms with E-state index in [4.69, 9.17) is 11.6 Å². The van der Waals surface area contributed by atoms with Gasteiger partial charge in [-0.05, 0) is 13.0 Å². The van der Waals surface area contributed by atoms with Gasteiger partial charge in [0.2, 0.25) is 0 Å². The fourth-order valence-electron chi connectivity index (χ4n) is 1.88. The Kier molecular flexibility index (Phi) is 4.80. The summed E-state index contributed by atoms with van der Waals surface area (Å²) in [4.78, 5) is 11.1. The van der Waals surface area contributed by atoms with Crippen LogP contribution in [0.1, 0.15) is 18.5 Å². The summed E-state index contributed by atoms with van der Waals surface area (Å²) in [5.74, 6) is -0.308. The first-order chi connectivity index (χ1) is 10.0. The highest BCUT2D eigenvalue weighted by Crippen LogP contribution is 2.25. The third kappa shape index (κ3) is 3.72. The van der Waals surface area contributed by atoms with Crippen molar-refractivity contribution in [1.82, 2.24) is 9.78 Å². The fourth-order valence-corrected chi connectivity index (χ4v) is 2.06. The van der Waals surface area contributed by atoms with E-state index < -0.39 is 11.8 Å². The first kappa shape index (κ1) is 15.3. The molecule has 1 atom stereocenters.